The summed E-state index contributed by atoms with van der Waals surface area (Å²) in [4.78, 5) is 15.1. The number of nitrogens with one attached hydrogen (secondary N) is 1. The number of halogens is 3. The van der Waals surface area contributed by atoms with Crippen molar-refractivity contribution in [1.82, 2.24) is 9.29 Å². The molecule has 1 aromatic heterocycles. The van der Waals surface area contributed by atoms with Gasteiger partial charge in [0.15, 0.2) is 11.5 Å². The Balaban J connectivity index is 1.76. The van der Waals surface area contributed by atoms with Gasteiger partial charge in [-0.05, 0) is 43.2 Å². The molecule has 2 aromatic carbocycles. The van der Waals surface area contributed by atoms with Crippen LogP contribution in [0.15, 0.2) is 52.2 Å². The Morgan fingerprint density at radius 3 is 2.47 bits per heavy atom. The number of methoxy groups -OCH3 is 2. The van der Waals surface area contributed by atoms with Crippen LogP contribution in [0.4, 0.5) is 13.2 Å². The minimum Gasteiger partial charge on any atom is -0.493 e. The largest absolute Gasteiger partial charge is 0.493 e. The van der Waals surface area contributed by atoms with Crippen LogP contribution < -0.4 is 15.0 Å². The molecule has 12 heteroatoms. The molecule has 3 aromatic rings. The van der Waals surface area contributed by atoms with Gasteiger partial charge < -0.3 is 19.2 Å². The molecule has 1 aliphatic heterocycles. The van der Waals surface area contributed by atoms with E-state index in [1.807, 2.05) is 0 Å². The number of nitrogens with zero attached hydrogens (tertiary/aromatic N) is 1. The molecule has 0 aliphatic carbocycles. The van der Waals surface area contributed by atoms with Gasteiger partial charge in [0.05, 0.1) is 36.3 Å². The Hall–Kier alpha value is -3.09. The molecule has 8 nitrogen and oxygen atoms in total. The van der Waals surface area contributed by atoms with Gasteiger partial charge >= 0.3 is 6.18 Å². The summed E-state index contributed by atoms with van der Waals surface area (Å²) in [6.07, 6.45) is -3.81. The third-order valence-electron chi connectivity index (χ3n) is 6.00. The van der Waals surface area contributed by atoms with Gasteiger partial charge in [-0.2, -0.15) is 17.5 Å². The third-order valence-corrected chi connectivity index (χ3v) is 7.81. The van der Waals surface area contributed by atoms with Gasteiger partial charge in [-0.25, -0.2) is 8.42 Å². The first-order valence-electron chi connectivity index (χ1n) is 11.1. The summed E-state index contributed by atoms with van der Waals surface area (Å²) in [5.74, 6) is 0.816. The molecular weight excluding hydrogens is 501 g/mol. The number of pyridine rings is 1. The number of H-pyrrole nitrogens is 1. The zero-order chi connectivity index (χ0) is 26.1. The first-order valence-corrected chi connectivity index (χ1v) is 12.5. The van der Waals surface area contributed by atoms with E-state index < -0.39 is 38.3 Å². The van der Waals surface area contributed by atoms with Gasteiger partial charge in [0.1, 0.15) is 0 Å². The fourth-order valence-corrected chi connectivity index (χ4v) is 5.63. The van der Waals surface area contributed by atoms with E-state index in [1.165, 1.54) is 20.3 Å². The summed E-state index contributed by atoms with van der Waals surface area (Å²) in [5, 5.41) is 0.566. The second-order valence-electron chi connectivity index (χ2n) is 8.38. The lowest BCUT2D eigenvalue weighted by atomic mass is 10.1. The quantitative estimate of drug-likeness (QED) is 0.478. The number of hydrogen-bond donors (Lipinski definition) is 1. The van der Waals surface area contributed by atoms with Crippen LogP contribution >= 0.6 is 0 Å². The molecule has 0 spiro atoms. The highest BCUT2D eigenvalue weighted by Crippen LogP contribution is 2.33. The second kappa shape index (κ2) is 10.1. The van der Waals surface area contributed by atoms with Gasteiger partial charge in [0.25, 0.3) is 5.56 Å². The first-order chi connectivity index (χ1) is 17.0. The number of hydrogen-bond acceptors (Lipinski definition) is 6. The maximum Gasteiger partial charge on any atom is 0.416 e. The van der Waals surface area contributed by atoms with Crippen molar-refractivity contribution in [3.8, 4) is 11.5 Å². The highest BCUT2D eigenvalue weighted by molar-refractivity contribution is 7.89. The van der Waals surface area contributed by atoms with Crippen molar-refractivity contribution in [1.29, 1.82) is 0 Å². The Kier molecular flexibility index (Phi) is 7.30. The highest BCUT2D eigenvalue weighted by atomic mass is 32.2. The molecule has 0 bridgehead atoms. The second-order valence-corrected chi connectivity index (χ2v) is 10.3. The fourth-order valence-electron chi connectivity index (χ4n) is 4.13. The van der Waals surface area contributed by atoms with Gasteiger partial charge in [-0.1, -0.05) is 6.07 Å². The fraction of sp³-hybridized carbons (Fsp3) is 0.375. The van der Waals surface area contributed by atoms with Crippen molar-refractivity contribution < 1.29 is 35.8 Å². The molecule has 0 saturated carbocycles. The number of benzene rings is 2. The van der Waals surface area contributed by atoms with E-state index in [0.717, 1.165) is 28.9 Å². The Labute approximate surface area is 205 Å². The molecule has 1 N–H and O–H groups in total. The van der Waals surface area contributed by atoms with Crippen LogP contribution in [0.1, 0.15) is 24.0 Å². The summed E-state index contributed by atoms with van der Waals surface area (Å²) >= 11 is 0. The molecule has 1 saturated heterocycles. The summed E-state index contributed by atoms with van der Waals surface area (Å²) in [6, 6.07) is 8.30. The Bertz CT molecular complexity index is 1420. The SMILES string of the molecule is COc1cc2cc(CN(C[C@H]3CCCO3)S(=O)(=O)c3cccc(C(F)(F)F)c3)c(=O)[nH]c2cc1OC. The first kappa shape index (κ1) is 26.0. The molecule has 36 heavy (non-hydrogen) atoms. The van der Waals surface area contributed by atoms with Gasteiger partial charge in [-0.3, -0.25) is 4.79 Å². The van der Waals surface area contributed by atoms with Crippen LogP contribution in [0.3, 0.4) is 0 Å². The molecule has 2 heterocycles. The molecule has 1 atom stereocenters. The third kappa shape index (κ3) is 5.35. The maximum atomic E-state index is 13.5. The normalized spacial score (nSPS) is 16.6. The monoisotopic (exact) mass is 526 g/mol. The maximum absolute atomic E-state index is 13.5. The van der Waals surface area contributed by atoms with E-state index in [0.29, 0.717) is 41.5 Å². The van der Waals surface area contributed by atoms with E-state index in [1.54, 1.807) is 12.1 Å². The van der Waals surface area contributed by atoms with Crippen molar-refractivity contribution in [2.24, 2.45) is 0 Å². The van der Waals surface area contributed by atoms with Gasteiger partial charge in [0, 0.05) is 36.7 Å². The van der Waals surface area contributed by atoms with Crippen LogP contribution in [0, 0.1) is 0 Å². The lowest BCUT2D eigenvalue weighted by Crippen LogP contribution is -2.38. The van der Waals surface area contributed by atoms with Crippen LogP contribution in [0.5, 0.6) is 11.5 Å². The zero-order valence-electron chi connectivity index (χ0n) is 19.6. The smallest absolute Gasteiger partial charge is 0.416 e. The van der Waals surface area contributed by atoms with Crippen LogP contribution in [0.25, 0.3) is 10.9 Å². The van der Waals surface area contributed by atoms with Crippen molar-refractivity contribution in [2.45, 2.75) is 36.6 Å². The van der Waals surface area contributed by atoms with Crippen molar-refractivity contribution in [3.05, 3.63) is 63.9 Å². The molecule has 0 radical (unpaired) electrons. The number of aromatic nitrogens is 1. The highest BCUT2D eigenvalue weighted by Gasteiger charge is 2.34. The van der Waals surface area contributed by atoms with E-state index in [2.05, 4.69) is 4.98 Å². The topological polar surface area (TPSA) is 97.9 Å². The summed E-state index contributed by atoms with van der Waals surface area (Å²) in [5.41, 5.74) is -1.05. The van der Waals surface area contributed by atoms with Crippen molar-refractivity contribution in [2.75, 3.05) is 27.4 Å². The zero-order valence-corrected chi connectivity index (χ0v) is 20.4. The van der Waals surface area contributed by atoms with Gasteiger partial charge in [0.2, 0.25) is 10.0 Å². The predicted molar refractivity (Wildman–Crippen MR) is 126 cm³/mol. The average Bonchev–Trinajstić information content (AvgIpc) is 3.36. The molecular formula is C24H25F3N2O6S. The van der Waals surface area contributed by atoms with E-state index in [-0.39, 0.29) is 18.7 Å². The van der Waals surface area contributed by atoms with Crippen molar-refractivity contribution >= 4 is 20.9 Å². The summed E-state index contributed by atoms with van der Waals surface area (Å²) in [7, 11) is -1.49. The van der Waals surface area contributed by atoms with Crippen LogP contribution in [-0.4, -0.2) is 51.2 Å². The number of sulfonamides is 1. The minimum atomic E-state index is -4.71. The van der Waals surface area contributed by atoms with Crippen molar-refractivity contribution in [3.63, 3.8) is 0 Å². The number of fused-ring (bicyclic) bond motifs is 1. The lowest BCUT2D eigenvalue weighted by Gasteiger charge is -2.25. The average molecular weight is 527 g/mol. The number of aromatic amines is 1. The van der Waals surface area contributed by atoms with Gasteiger partial charge in [-0.15, -0.1) is 0 Å². The Morgan fingerprint density at radius 2 is 1.83 bits per heavy atom. The van der Waals surface area contributed by atoms with Crippen LogP contribution in [-0.2, 0) is 27.5 Å². The molecule has 194 valence electrons. The molecule has 0 amide bonds. The molecule has 1 aliphatic rings. The lowest BCUT2D eigenvalue weighted by molar-refractivity contribution is -0.137. The number of alkyl halides is 3. The van der Waals surface area contributed by atoms with E-state index >= 15 is 0 Å². The summed E-state index contributed by atoms with van der Waals surface area (Å²) < 4.78 is 83.9. The number of ether oxygens (including phenoxy) is 3. The minimum absolute atomic E-state index is 0.109. The van der Waals surface area contributed by atoms with E-state index in [4.69, 9.17) is 14.2 Å². The summed E-state index contributed by atoms with van der Waals surface area (Å²) in [6.45, 7) is -0.0135. The molecule has 1 fully saturated rings. The number of rotatable bonds is 8. The van der Waals surface area contributed by atoms with Crippen LogP contribution in [0.2, 0.25) is 0 Å². The molecule has 0 unspecified atom stereocenters. The standard InChI is InChI=1S/C24H25F3N2O6S/c1-33-21-10-15-9-16(23(30)28-20(15)12-22(21)34-2)13-29(14-18-6-4-8-35-18)36(31,32)19-7-3-5-17(11-19)24(25,26)27/h3,5,7,9-12,18H,4,6,8,13-14H2,1-2H3,(H,28,30)/t18-/m1/s1. The predicted octanol–water partition coefficient (Wildman–Crippen LogP) is 3.93. The Morgan fingerprint density at radius 1 is 1.11 bits per heavy atom. The molecule has 4 rings (SSSR count). The van der Waals surface area contributed by atoms with E-state index in [9.17, 15) is 26.4 Å².